The number of anilines is 6. The molecule has 2 aliphatic heterocycles. The maximum absolute atomic E-state index is 7.09. The lowest BCUT2D eigenvalue weighted by Crippen LogP contribution is -2.26. The fraction of sp³-hybridized carbons (Fsp3) is 0.478. The average molecular weight is 1130 g/mol. The molecule has 2 saturated carbocycles. The van der Waals surface area contributed by atoms with Crippen LogP contribution in [0.4, 0.5) is 34.1 Å². The molecule has 3 aliphatic carbocycles. The smallest absolute Gasteiger partial charge is 0.0946 e. The minimum absolute atomic E-state index is 0.159. The molecule has 2 heterocycles. The van der Waals surface area contributed by atoms with Crippen LogP contribution < -0.4 is 9.80 Å². The summed E-state index contributed by atoms with van der Waals surface area (Å²) in [5, 5.41) is 0. The second-order valence-electron chi connectivity index (χ2n) is 24.3. The first-order valence-electron chi connectivity index (χ1n) is 29.4. The van der Waals surface area contributed by atoms with Crippen LogP contribution in [0.15, 0.2) is 130 Å². The van der Waals surface area contributed by atoms with Gasteiger partial charge in [0.05, 0.1) is 22.4 Å². The molecular weight excluding hydrogens is 1050 g/mol. The first-order valence-corrected chi connectivity index (χ1v) is 31.0. The van der Waals surface area contributed by atoms with Gasteiger partial charge < -0.3 is 19.3 Å². The summed E-state index contributed by atoms with van der Waals surface area (Å²) >= 11 is 7.58. The second kappa shape index (κ2) is 21.6. The number of ether oxygens (including phenoxy) is 2. The van der Waals surface area contributed by atoms with E-state index in [9.17, 15) is 0 Å². The van der Waals surface area contributed by atoms with Crippen molar-refractivity contribution < 1.29 is 9.47 Å². The SMILES string of the molecule is CCCCCCCCC1(CCCCCCCC)c2cc(N(c3ccc(Br)cc3)c3ccc4c(c3)C(C)(C)OC43CCCC3)ccc2-c2ccc(N(c3ccc(Br)cc3)c3ccc4c(c3)C(C)(C)OC43CCCC3)cc21. The zero-order valence-corrected chi connectivity index (χ0v) is 49.2. The maximum Gasteiger partial charge on any atom is 0.0946 e. The largest absolute Gasteiger partial charge is 0.360 e. The number of rotatable bonds is 20. The van der Waals surface area contributed by atoms with Gasteiger partial charge in [-0.25, -0.2) is 0 Å². The second-order valence-corrected chi connectivity index (χ2v) is 26.1. The zero-order valence-electron chi connectivity index (χ0n) is 46.1. The summed E-state index contributed by atoms with van der Waals surface area (Å²) in [6.45, 7) is 13.8. The van der Waals surface area contributed by atoms with Crippen LogP contribution in [0, 0.1) is 0 Å². The molecule has 6 heteroatoms. The first kappa shape index (κ1) is 52.8. The van der Waals surface area contributed by atoms with E-state index in [1.54, 1.807) is 0 Å². The van der Waals surface area contributed by atoms with E-state index in [1.165, 1.54) is 170 Å². The molecule has 0 unspecified atom stereocenters. The monoisotopic (exact) mass is 1130 g/mol. The highest BCUT2D eigenvalue weighted by atomic mass is 79.9. The molecule has 0 atom stereocenters. The number of fused-ring (bicyclic) bond motifs is 7. The summed E-state index contributed by atoms with van der Waals surface area (Å²) in [7, 11) is 0. The summed E-state index contributed by atoms with van der Waals surface area (Å²) in [6, 6.07) is 47.5. The number of hydrogen-bond donors (Lipinski definition) is 0. The van der Waals surface area contributed by atoms with E-state index in [1.807, 2.05) is 0 Å². The first-order chi connectivity index (χ1) is 36.3. The highest BCUT2D eigenvalue weighted by Gasteiger charge is 2.52. The minimum atomic E-state index is -0.367. The number of halogens is 2. The van der Waals surface area contributed by atoms with Crippen molar-refractivity contribution in [1.29, 1.82) is 0 Å². The van der Waals surface area contributed by atoms with Gasteiger partial charge >= 0.3 is 0 Å². The van der Waals surface area contributed by atoms with E-state index in [0.29, 0.717) is 0 Å². The molecular formula is C69H82Br2N2O2. The van der Waals surface area contributed by atoms with E-state index >= 15 is 0 Å². The lowest BCUT2D eigenvalue weighted by Gasteiger charge is -2.35. The van der Waals surface area contributed by atoms with E-state index in [4.69, 9.17) is 9.47 Å². The molecule has 2 spiro atoms. The summed E-state index contributed by atoms with van der Waals surface area (Å²) < 4.78 is 16.4. The van der Waals surface area contributed by atoms with Crippen molar-refractivity contribution in [2.24, 2.45) is 0 Å². The van der Waals surface area contributed by atoms with Crippen molar-refractivity contribution in [3.05, 3.63) is 164 Å². The Morgan fingerprint density at radius 2 is 0.693 bits per heavy atom. The fourth-order valence-corrected chi connectivity index (χ4v) is 15.4. The molecule has 0 bridgehead atoms. The number of benzene rings is 6. The third-order valence-electron chi connectivity index (χ3n) is 18.5. The Labute approximate surface area is 467 Å². The zero-order chi connectivity index (χ0) is 52.0. The Kier molecular flexibility index (Phi) is 15.2. The summed E-state index contributed by atoms with van der Waals surface area (Å²) in [6.07, 6.45) is 27.0. The molecule has 0 amide bonds. The summed E-state index contributed by atoms with van der Waals surface area (Å²) in [5.74, 6) is 0. The number of nitrogens with zero attached hydrogens (tertiary/aromatic N) is 2. The topological polar surface area (TPSA) is 24.9 Å². The van der Waals surface area contributed by atoms with Crippen molar-refractivity contribution in [3.63, 3.8) is 0 Å². The van der Waals surface area contributed by atoms with Gasteiger partial charge in [0.1, 0.15) is 0 Å². The summed E-state index contributed by atoms with van der Waals surface area (Å²) in [4.78, 5) is 5.06. The normalized spacial score (nSPS) is 18.6. The molecule has 0 aromatic heterocycles. The van der Waals surface area contributed by atoms with Crippen molar-refractivity contribution >= 4 is 66.0 Å². The third-order valence-corrected chi connectivity index (χ3v) is 19.5. The van der Waals surface area contributed by atoms with Crippen LogP contribution in [0.3, 0.4) is 0 Å². The van der Waals surface area contributed by atoms with Gasteiger partial charge in [0.2, 0.25) is 0 Å². The quantitative estimate of drug-likeness (QED) is 0.0711. The Balaban J connectivity index is 1.07. The van der Waals surface area contributed by atoms with Crippen molar-refractivity contribution in [2.75, 3.05) is 9.80 Å². The Hall–Kier alpha value is -4.20. The van der Waals surface area contributed by atoms with Crippen LogP contribution in [0.5, 0.6) is 0 Å². The Morgan fingerprint density at radius 3 is 1.07 bits per heavy atom. The van der Waals surface area contributed by atoms with Gasteiger partial charge in [0.15, 0.2) is 0 Å². The van der Waals surface area contributed by atoms with Gasteiger partial charge in [-0.2, -0.15) is 0 Å². The standard InChI is InChI=1S/C69H82Br2N2O2/c1-7-9-11-13-15-17-39-67(40-18-16-14-12-10-8-2)61-45-53(72(51-27-23-49(70)24-28-51)55-33-37-59-63(47-55)65(3,4)74-68(59)41-19-20-42-68)31-35-57(61)58-36-32-54(46-62(58)67)73(52-29-25-50(71)26-30-52)56-34-38-60-64(48-56)66(5,6)75-69(60)43-21-22-44-69/h23-38,45-48H,7-22,39-44H2,1-6H3. The van der Waals surface area contributed by atoms with Crippen molar-refractivity contribution in [3.8, 4) is 11.1 Å². The maximum atomic E-state index is 7.09. The van der Waals surface area contributed by atoms with E-state index in [2.05, 4.69) is 205 Å². The predicted octanol–water partition coefficient (Wildman–Crippen LogP) is 22.0. The van der Waals surface area contributed by atoms with Gasteiger partial charge in [-0.05, 0) is 208 Å². The molecule has 75 heavy (non-hydrogen) atoms. The molecule has 6 aromatic carbocycles. The van der Waals surface area contributed by atoms with Gasteiger partial charge in [0, 0.05) is 48.5 Å². The number of hydrogen-bond acceptors (Lipinski definition) is 4. The van der Waals surface area contributed by atoms with Crippen molar-refractivity contribution in [2.45, 2.75) is 211 Å². The van der Waals surface area contributed by atoms with Crippen LogP contribution in [-0.2, 0) is 37.3 Å². The third kappa shape index (κ3) is 9.93. The molecule has 2 fully saturated rings. The van der Waals surface area contributed by atoms with Crippen LogP contribution in [0.2, 0.25) is 0 Å². The molecule has 5 aliphatic rings. The van der Waals surface area contributed by atoms with Gasteiger partial charge in [-0.3, -0.25) is 0 Å². The van der Waals surface area contributed by atoms with E-state index < -0.39 is 0 Å². The van der Waals surface area contributed by atoms with Gasteiger partial charge in [0.25, 0.3) is 0 Å². The predicted molar refractivity (Wildman–Crippen MR) is 322 cm³/mol. The molecule has 4 nitrogen and oxygen atoms in total. The van der Waals surface area contributed by atoms with Crippen LogP contribution in [0.1, 0.15) is 216 Å². The molecule has 6 aromatic rings. The van der Waals surface area contributed by atoms with Crippen molar-refractivity contribution in [1.82, 2.24) is 0 Å². The average Bonchev–Trinajstić information content (AvgIpc) is 4.23. The molecule has 11 rings (SSSR count). The molecule has 394 valence electrons. The molecule has 0 saturated heterocycles. The molecule has 0 radical (unpaired) electrons. The summed E-state index contributed by atoms with van der Waals surface area (Å²) in [5.41, 5.74) is 17.1. The highest BCUT2D eigenvalue weighted by Crippen LogP contribution is 2.60. The van der Waals surface area contributed by atoms with Crippen LogP contribution >= 0.6 is 31.9 Å². The fourth-order valence-electron chi connectivity index (χ4n) is 14.9. The van der Waals surface area contributed by atoms with Crippen LogP contribution in [0.25, 0.3) is 11.1 Å². The van der Waals surface area contributed by atoms with Gasteiger partial charge in [-0.15, -0.1) is 0 Å². The lowest BCUT2D eigenvalue weighted by atomic mass is 9.70. The van der Waals surface area contributed by atoms with E-state index in [0.717, 1.165) is 58.8 Å². The highest BCUT2D eigenvalue weighted by molar-refractivity contribution is 9.10. The Morgan fingerprint density at radius 1 is 0.373 bits per heavy atom. The Bertz CT molecular complexity index is 2780. The van der Waals surface area contributed by atoms with Gasteiger partial charge in [-0.1, -0.05) is 173 Å². The van der Waals surface area contributed by atoms with E-state index in [-0.39, 0.29) is 27.8 Å². The lowest BCUT2D eigenvalue weighted by molar-refractivity contribution is -0.122. The number of unbranched alkanes of at least 4 members (excludes halogenated alkanes) is 10. The van der Waals surface area contributed by atoms with Crippen LogP contribution in [-0.4, -0.2) is 0 Å². The molecule has 0 N–H and O–H groups in total. The minimum Gasteiger partial charge on any atom is -0.360 e.